The molecule has 0 amide bonds. The molecular weight excluding hydrogens is 520 g/mol. The summed E-state index contributed by atoms with van der Waals surface area (Å²) in [6.45, 7) is 4.66. The fraction of sp³-hybridized carbons (Fsp3) is 0.345. The Bertz CT molecular complexity index is 1230. The van der Waals surface area contributed by atoms with Crippen molar-refractivity contribution in [2.75, 3.05) is 26.4 Å². The van der Waals surface area contributed by atoms with Gasteiger partial charge >= 0.3 is 18.1 Å². The van der Waals surface area contributed by atoms with Crippen molar-refractivity contribution in [2.45, 2.75) is 37.6 Å². The largest absolute Gasteiger partial charge is 0.513 e. The first-order chi connectivity index (χ1) is 19.5. The number of carbonyl (C=O) groups excluding carboxylic acids is 3. The Kier molecular flexibility index (Phi) is 10.5. The molecule has 0 aliphatic carbocycles. The smallest absolute Gasteiger partial charge is 0.463 e. The van der Waals surface area contributed by atoms with E-state index in [9.17, 15) is 14.4 Å². The number of benzene rings is 2. The van der Waals surface area contributed by atoms with E-state index in [1.54, 1.807) is 61.0 Å². The van der Waals surface area contributed by atoms with Crippen LogP contribution in [0.1, 0.15) is 40.7 Å². The van der Waals surface area contributed by atoms with Crippen LogP contribution in [0.2, 0.25) is 0 Å². The van der Waals surface area contributed by atoms with Gasteiger partial charge in [0.15, 0.2) is 6.10 Å². The molecule has 0 bridgehead atoms. The lowest BCUT2D eigenvalue weighted by molar-refractivity contribution is -0.137. The number of ether oxygens (including phenoxy) is 6. The van der Waals surface area contributed by atoms with Gasteiger partial charge in [-0.3, -0.25) is 0 Å². The Morgan fingerprint density at radius 2 is 1.55 bits per heavy atom. The van der Waals surface area contributed by atoms with Gasteiger partial charge < -0.3 is 28.4 Å². The van der Waals surface area contributed by atoms with Gasteiger partial charge in [-0.1, -0.05) is 18.7 Å². The minimum Gasteiger partial charge on any atom is -0.463 e. The van der Waals surface area contributed by atoms with Gasteiger partial charge in [-0.25, -0.2) is 14.4 Å². The van der Waals surface area contributed by atoms with Crippen molar-refractivity contribution in [3.8, 4) is 5.75 Å². The molecule has 2 unspecified atom stereocenters. The standard InChI is InChI=1S/C29H30N2O9/c1-2-26(32)35-14-3-4-15-37-29(34)39-23-11-7-21(8-12-23)18-31-30-17-20-5-9-22(10-6-20)28(33)40-25-19-38-24-13-16-36-27(24)25/h2,5-12,17-18,24-25,27H,1,3-4,13-16,19H2/b30-17+,31-18+/t24?,25?,27-/m0/s1. The molecule has 11 heteroatoms. The summed E-state index contributed by atoms with van der Waals surface area (Å²) in [6, 6.07) is 13.5. The van der Waals surface area contributed by atoms with Crippen LogP contribution >= 0.6 is 0 Å². The van der Waals surface area contributed by atoms with Gasteiger partial charge in [0, 0.05) is 12.7 Å². The van der Waals surface area contributed by atoms with Crippen molar-refractivity contribution in [2.24, 2.45) is 10.2 Å². The molecular formula is C29H30N2O9. The average molecular weight is 551 g/mol. The van der Waals surface area contributed by atoms with Crippen LogP contribution < -0.4 is 4.74 Å². The Hall–Kier alpha value is -4.35. The van der Waals surface area contributed by atoms with Crippen molar-refractivity contribution in [1.82, 2.24) is 0 Å². The first-order valence-electron chi connectivity index (χ1n) is 12.9. The van der Waals surface area contributed by atoms with Gasteiger partial charge in [0.1, 0.15) is 11.9 Å². The third-order valence-electron chi connectivity index (χ3n) is 6.06. The molecule has 2 saturated heterocycles. The molecule has 2 fully saturated rings. The lowest BCUT2D eigenvalue weighted by Crippen LogP contribution is -2.32. The number of esters is 2. The topological polar surface area (TPSA) is 131 Å². The number of fused-ring (bicyclic) bond motifs is 1. The number of nitrogens with zero attached hydrogens (tertiary/aromatic N) is 2. The second-order valence-corrected chi connectivity index (χ2v) is 8.90. The molecule has 11 nitrogen and oxygen atoms in total. The van der Waals surface area contributed by atoms with Crippen molar-refractivity contribution < 1.29 is 42.8 Å². The SMILES string of the molecule is C=CC(=O)OCCCCOC(=O)Oc1ccc(/C=N/N=C/c2ccc(C(=O)OC3COC4CCO[C@@H]43)cc2)cc1. The molecule has 210 valence electrons. The molecule has 0 spiro atoms. The lowest BCUT2D eigenvalue weighted by atomic mass is 10.1. The van der Waals surface area contributed by atoms with Gasteiger partial charge in [-0.2, -0.15) is 10.2 Å². The zero-order valence-corrected chi connectivity index (χ0v) is 21.8. The van der Waals surface area contributed by atoms with E-state index in [0.717, 1.165) is 23.6 Å². The summed E-state index contributed by atoms with van der Waals surface area (Å²) in [5, 5.41) is 8.05. The summed E-state index contributed by atoms with van der Waals surface area (Å²) in [5.41, 5.74) is 1.94. The maximum Gasteiger partial charge on any atom is 0.513 e. The third-order valence-corrected chi connectivity index (χ3v) is 6.06. The average Bonchev–Trinajstić information content (AvgIpc) is 3.59. The second kappa shape index (κ2) is 14.7. The maximum absolute atomic E-state index is 12.5. The van der Waals surface area contributed by atoms with E-state index < -0.39 is 18.1 Å². The fourth-order valence-corrected chi connectivity index (χ4v) is 3.98. The van der Waals surface area contributed by atoms with Gasteiger partial charge in [0.05, 0.1) is 43.9 Å². The molecule has 2 aliphatic rings. The van der Waals surface area contributed by atoms with Crippen LogP contribution in [-0.4, -0.2) is 75.3 Å². The first-order valence-corrected chi connectivity index (χ1v) is 12.9. The predicted molar refractivity (Wildman–Crippen MR) is 144 cm³/mol. The molecule has 0 saturated carbocycles. The first kappa shape index (κ1) is 28.7. The molecule has 2 aromatic rings. The van der Waals surface area contributed by atoms with Crippen LogP contribution in [0.15, 0.2) is 71.4 Å². The highest BCUT2D eigenvalue weighted by Gasteiger charge is 2.44. The lowest BCUT2D eigenvalue weighted by Gasteiger charge is -2.16. The molecule has 2 heterocycles. The molecule has 2 aromatic carbocycles. The highest BCUT2D eigenvalue weighted by atomic mass is 16.7. The normalized spacial score (nSPS) is 19.9. The Labute approximate surface area is 231 Å². The fourth-order valence-electron chi connectivity index (χ4n) is 3.98. The summed E-state index contributed by atoms with van der Waals surface area (Å²) in [5.74, 6) is -0.587. The molecule has 0 radical (unpaired) electrons. The number of hydrogen-bond acceptors (Lipinski definition) is 11. The van der Waals surface area contributed by atoms with E-state index in [2.05, 4.69) is 16.8 Å². The van der Waals surface area contributed by atoms with E-state index in [4.69, 9.17) is 28.4 Å². The van der Waals surface area contributed by atoms with Gasteiger partial charge in [0.2, 0.25) is 0 Å². The summed E-state index contributed by atoms with van der Waals surface area (Å²) in [4.78, 5) is 35.2. The molecule has 40 heavy (non-hydrogen) atoms. The van der Waals surface area contributed by atoms with Crippen LogP contribution in [0.4, 0.5) is 4.79 Å². The molecule has 4 rings (SSSR count). The van der Waals surface area contributed by atoms with Crippen molar-refractivity contribution in [1.29, 1.82) is 0 Å². The molecule has 3 atom stereocenters. The van der Waals surface area contributed by atoms with Crippen molar-refractivity contribution >= 4 is 30.5 Å². The van der Waals surface area contributed by atoms with Gasteiger partial charge in [-0.05, 0) is 66.8 Å². The number of hydrogen-bond donors (Lipinski definition) is 0. The minimum atomic E-state index is -0.822. The summed E-state index contributed by atoms with van der Waals surface area (Å²) < 4.78 is 31.7. The Morgan fingerprint density at radius 1 is 0.900 bits per heavy atom. The zero-order valence-electron chi connectivity index (χ0n) is 21.8. The predicted octanol–water partition coefficient (Wildman–Crippen LogP) is 3.88. The summed E-state index contributed by atoms with van der Waals surface area (Å²) >= 11 is 0. The zero-order chi connectivity index (χ0) is 28.2. The van der Waals surface area contributed by atoms with E-state index in [1.807, 2.05) is 0 Å². The number of carbonyl (C=O) groups is 3. The quantitative estimate of drug-likeness (QED) is 0.0735. The van der Waals surface area contributed by atoms with Gasteiger partial charge in [-0.15, -0.1) is 0 Å². The van der Waals surface area contributed by atoms with Crippen molar-refractivity contribution in [3.63, 3.8) is 0 Å². The molecule has 0 aromatic heterocycles. The van der Waals surface area contributed by atoms with Crippen molar-refractivity contribution in [3.05, 3.63) is 77.9 Å². The highest BCUT2D eigenvalue weighted by molar-refractivity contribution is 5.91. The van der Waals surface area contributed by atoms with Crippen LogP contribution in [0.3, 0.4) is 0 Å². The molecule has 2 aliphatic heterocycles. The summed E-state index contributed by atoms with van der Waals surface area (Å²) in [7, 11) is 0. The second-order valence-electron chi connectivity index (χ2n) is 8.90. The molecule has 0 N–H and O–H groups in total. The number of rotatable bonds is 12. The van der Waals surface area contributed by atoms with Crippen LogP contribution in [0, 0.1) is 0 Å². The Morgan fingerprint density at radius 3 is 2.23 bits per heavy atom. The minimum absolute atomic E-state index is 0.0114. The van der Waals surface area contributed by atoms with Crippen LogP contribution in [-0.2, 0) is 28.5 Å². The van der Waals surface area contributed by atoms with E-state index in [1.165, 1.54) is 0 Å². The van der Waals surface area contributed by atoms with Crippen LogP contribution in [0.25, 0.3) is 0 Å². The maximum atomic E-state index is 12.5. The third kappa shape index (κ3) is 8.58. The van der Waals surface area contributed by atoms with E-state index >= 15 is 0 Å². The highest BCUT2D eigenvalue weighted by Crippen LogP contribution is 2.28. The monoisotopic (exact) mass is 550 g/mol. The Balaban J connectivity index is 1.15. The van der Waals surface area contributed by atoms with Gasteiger partial charge in [0.25, 0.3) is 0 Å². The van der Waals surface area contributed by atoms with E-state index in [-0.39, 0.29) is 31.5 Å². The number of unbranched alkanes of at least 4 members (excludes halogenated alkanes) is 1. The summed E-state index contributed by atoms with van der Waals surface area (Å²) in [6.07, 6.45) is 4.72. The van der Waals surface area contributed by atoms with Crippen LogP contribution in [0.5, 0.6) is 5.75 Å². The van der Waals surface area contributed by atoms with E-state index in [0.29, 0.717) is 37.4 Å².